The van der Waals surface area contributed by atoms with E-state index in [-0.39, 0.29) is 11.8 Å². The summed E-state index contributed by atoms with van der Waals surface area (Å²) in [6.45, 7) is 4.19. The summed E-state index contributed by atoms with van der Waals surface area (Å²) < 4.78 is 0. The fraction of sp³-hybridized carbons (Fsp3) is 0.200. The number of hydrogen-bond acceptors (Lipinski definition) is 2. The standard InChI is InChI=1S/C25H23ClN2O2/c1-17-7-13-21(14-8-17)28-23(29)22-6-4-3-5-19(22)15-25(28,2)24(30)27-16-18-9-11-20(26)12-10-18/h3-14H,15-16H2,1-2H3,(H,27,30)/t25-/m0/s1. The van der Waals surface area contributed by atoms with Gasteiger partial charge in [-0.3, -0.25) is 14.5 Å². The molecule has 0 bridgehead atoms. The number of anilines is 1. The summed E-state index contributed by atoms with van der Waals surface area (Å²) in [7, 11) is 0. The van der Waals surface area contributed by atoms with E-state index in [0.717, 1.165) is 16.7 Å². The van der Waals surface area contributed by atoms with Crippen molar-refractivity contribution in [1.82, 2.24) is 5.32 Å². The van der Waals surface area contributed by atoms with Crippen molar-refractivity contribution in [3.63, 3.8) is 0 Å². The number of rotatable bonds is 4. The third kappa shape index (κ3) is 3.71. The number of amides is 2. The third-order valence-electron chi connectivity index (χ3n) is 5.63. The number of carbonyl (C=O) groups is 2. The molecule has 1 N–H and O–H groups in total. The Hall–Kier alpha value is -3.11. The Morgan fingerprint density at radius 1 is 1.03 bits per heavy atom. The Morgan fingerprint density at radius 3 is 2.40 bits per heavy atom. The van der Waals surface area contributed by atoms with E-state index in [4.69, 9.17) is 11.6 Å². The largest absolute Gasteiger partial charge is 0.350 e. The van der Waals surface area contributed by atoms with Crippen molar-refractivity contribution in [3.05, 3.63) is 100 Å². The molecule has 2 amide bonds. The molecule has 30 heavy (non-hydrogen) atoms. The molecule has 4 rings (SSSR count). The van der Waals surface area contributed by atoms with Crippen LogP contribution in [0.15, 0.2) is 72.8 Å². The van der Waals surface area contributed by atoms with Crippen LogP contribution in [0.1, 0.15) is 34.0 Å². The Bertz CT molecular complexity index is 1090. The van der Waals surface area contributed by atoms with Gasteiger partial charge in [-0.1, -0.05) is 59.6 Å². The number of aryl methyl sites for hydroxylation is 1. The summed E-state index contributed by atoms with van der Waals surface area (Å²) in [5, 5.41) is 3.67. The van der Waals surface area contributed by atoms with Gasteiger partial charge in [-0.05, 0) is 55.3 Å². The van der Waals surface area contributed by atoms with Gasteiger partial charge in [-0.15, -0.1) is 0 Å². The highest BCUT2D eigenvalue weighted by atomic mass is 35.5. The van der Waals surface area contributed by atoms with Crippen LogP contribution in [0.2, 0.25) is 5.02 Å². The molecule has 3 aromatic rings. The molecule has 3 aromatic carbocycles. The second-order valence-corrected chi connectivity index (χ2v) is 8.33. The predicted molar refractivity (Wildman–Crippen MR) is 120 cm³/mol. The summed E-state index contributed by atoms with van der Waals surface area (Å²) in [5.41, 5.74) is 3.23. The van der Waals surface area contributed by atoms with Gasteiger partial charge in [-0.2, -0.15) is 0 Å². The lowest BCUT2D eigenvalue weighted by atomic mass is 9.82. The maximum atomic E-state index is 13.5. The summed E-state index contributed by atoms with van der Waals surface area (Å²) >= 11 is 5.95. The van der Waals surface area contributed by atoms with Gasteiger partial charge in [0.1, 0.15) is 5.54 Å². The minimum Gasteiger partial charge on any atom is -0.350 e. The van der Waals surface area contributed by atoms with Gasteiger partial charge in [0.05, 0.1) is 0 Å². The maximum Gasteiger partial charge on any atom is 0.259 e. The van der Waals surface area contributed by atoms with Crippen LogP contribution in [-0.2, 0) is 17.8 Å². The van der Waals surface area contributed by atoms with E-state index in [0.29, 0.717) is 29.2 Å². The zero-order valence-electron chi connectivity index (χ0n) is 17.0. The average Bonchev–Trinajstić information content (AvgIpc) is 2.74. The maximum absolute atomic E-state index is 13.5. The van der Waals surface area contributed by atoms with Crippen LogP contribution in [0.25, 0.3) is 0 Å². The van der Waals surface area contributed by atoms with Gasteiger partial charge in [0.25, 0.3) is 5.91 Å². The van der Waals surface area contributed by atoms with Gasteiger partial charge in [0, 0.05) is 29.2 Å². The Labute approximate surface area is 181 Å². The second-order valence-electron chi connectivity index (χ2n) is 7.89. The lowest BCUT2D eigenvalue weighted by Crippen LogP contribution is -2.63. The van der Waals surface area contributed by atoms with E-state index >= 15 is 0 Å². The number of benzene rings is 3. The lowest BCUT2D eigenvalue weighted by Gasteiger charge is -2.44. The van der Waals surface area contributed by atoms with Gasteiger partial charge < -0.3 is 5.32 Å². The van der Waals surface area contributed by atoms with Crippen molar-refractivity contribution < 1.29 is 9.59 Å². The molecule has 1 aliphatic heterocycles. The smallest absolute Gasteiger partial charge is 0.259 e. The lowest BCUT2D eigenvalue weighted by molar-refractivity contribution is -0.126. The molecule has 0 saturated heterocycles. The molecular formula is C25H23ClN2O2. The predicted octanol–water partition coefficient (Wildman–Crippen LogP) is 4.93. The minimum absolute atomic E-state index is 0.162. The molecule has 0 unspecified atom stereocenters. The number of hydrogen-bond donors (Lipinski definition) is 1. The Kier molecular flexibility index (Phi) is 5.35. The fourth-order valence-corrected chi connectivity index (χ4v) is 4.06. The van der Waals surface area contributed by atoms with Crippen LogP contribution >= 0.6 is 11.6 Å². The summed E-state index contributed by atoms with van der Waals surface area (Å²) in [6, 6.07) is 22.5. The third-order valence-corrected chi connectivity index (χ3v) is 5.88. The van der Waals surface area contributed by atoms with Crippen molar-refractivity contribution in [2.24, 2.45) is 0 Å². The van der Waals surface area contributed by atoms with Crippen LogP contribution in [0.5, 0.6) is 0 Å². The molecule has 152 valence electrons. The number of carbonyl (C=O) groups excluding carboxylic acids is 2. The Morgan fingerprint density at radius 2 is 1.70 bits per heavy atom. The van der Waals surface area contributed by atoms with E-state index in [1.165, 1.54) is 0 Å². The van der Waals surface area contributed by atoms with Crippen molar-refractivity contribution in [1.29, 1.82) is 0 Å². The number of halogens is 1. The molecule has 1 aliphatic rings. The number of nitrogens with zero attached hydrogens (tertiary/aromatic N) is 1. The molecule has 0 radical (unpaired) electrons. The molecular weight excluding hydrogens is 396 g/mol. The van der Waals surface area contributed by atoms with Gasteiger partial charge in [0.2, 0.25) is 5.91 Å². The SMILES string of the molecule is Cc1ccc(N2C(=O)c3ccccc3C[C@@]2(C)C(=O)NCc2ccc(Cl)cc2)cc1. The zero-order valence-corrected chi connectivity index (χ0v) is 17.7. The molecule has 0 fully saturated rings. The highest BCUT2D eigenvalue weighted by molar-refractivity contribution is 6.30. The van der Waals surface area contributed by atoms with E-state index < -0.39 is 5.54 Å². The number of nitrogens with one attached hydrogen (secondary N) is 1. The highest BCUT2D eigenvalue weighted by Gasteiger charge is 2.47. The topological polar surface area (TPSA) is 49.4 Å². The van der Waals surface area contributed by atoms with E-state index in [2.05, 4.69) is 5.32 Å². The second kappa shape index (κ2) is 7.96. The van der Waals surface area contributed by atoms with E-state index in [1.807, 2.05) is 74.5 Å². The quantitative estimate of drug-likeness (QED) is 0.653. The van der Waals surface area contributed by atoms with E-state index in [1.54, 1.807) is 17.0 Å². The van der Waals surface area contributed by atoms with E-state index in [9.17, 15) is 9.59 Å². The molecule has 4 nitrogen and oxygen atoms in total. The van der Waals surface area contributed by atoms with Crippen LogP contribution in [0.3, 0.4) is 0 Å². The van der Waals surface area contributed by atoms with Crippen molar-refractivity contribution >= 4 is 29.1 Å². The molecule has 0 spiro atoms. The van der Waals surface area contributed by atoms with Gasteiger partial charge in [-0.25, -0.2) is 0 Å². The number of fused-ring (bicyclic) bond motifs is 1. The van der Waals surface area contributed by atoms with Crippen LogP contribution < -0.4 is 10.2 Å². The summed E-state index contributed by atoms with van der Waals surface area (Å²) in [4.78, 5) is 28.5. The first-order chi connectivity index (χ1) is 14.4. The normalized spacial score (nSPS) is 18.1. The minimum atomic E-state index is -1.05. The van der Waals surface area contributed by atoms with Gasteiger partial charge >= 0.3 is 0 Å². The molecule has 5 heteroatoms. The Balaban J connectivity index is 1.69. The monoisotopic (exact) mass is 418 g/mol. The molecule has 0 saturated carbocycles. The first kappa shape index (κ1) is 20.2. The van der Waals surface area contributed by atoms with Crippen LogP contribution in [0.4, 0.5) is 5.69 Å². The molecule has 1 atom stereocenters. The highest BCUT2D eigenvalue weighted by Crippen LogP contribution is 2.35. The van der Waals surface area contributed by atoms with Crippen LogP contribution in [-0.4, -0.2) is 17.4 Å². The molecule has 0 aliphatic carbocycles. The molecule has 1 heterocycles. The van der Waals surface area contributed by atoms with Gasteiger partial charge in [0.15, 0.2) is 0 Å². The van der Waals surface area contributed by atoms with Crippen molar-refractivity contribution in [2.75, 3.05) is 4.90 Å². The molecule has 0 aromatic heterocycles. The zero-order chi connectivity index (χ0) is 21.3. The van der Waals surface area contributed by atoms with Crippen molar-refractivity contribution in [3.8, 4) is 0 Å². The summed E-state index contributed by atoms with van der Waals surface area (Å²) in [5.74, 6) is -0.356. The fourth-order valence-electron chi connectivity index (χ4n) is 3.93. The van der Waals surface area contributed by atoms with Crippen molar-refractivity contribution in [2.45, 2.75) is 32.4 Å². The van der Waals surface area contributed by atoms with Crippen LogP contribution in [0, 0.1) is 6.92 Å². The first-order valence-electron chi connectivity index (χ1n) is 9.90. The summed E-state index contributed by atoms with van der Waals surface area (Å²) in [6.07, 6.45) is 0.440. The average molecular weight is 419 g/mol. The first-order valence-corrected chi connectivity index (χ1v) is 10.3.